The summed E-state index contributed by atoms with van der Waals surface area (Å²) in [4.78, 5) is 31.4. The number of fused-ring (bicyclic) bond motifs is 1. The maximum Gasteiger partial charge on any atom is 0.339 e. The van der Waals surface area contributed by atoms with Crippen LogP contribution in [0.5, 0.6) is 0 Å². The first-order valence-electron chi connectivity index (χ1n) is 7.00. The van der Waals surface area contributed by atoms with E-state index in [1.165, 1.54) is 0 Å². The Labute approximate surface area is 145 Å². The minimum Gasteiger partial charge on any atom is -0.451 e. The zero-order valence-corrected chi connectivity index (χ0v) is 14.4. The van der Waals surface area contributed by atoms with E-state index in [1.54, 1.807) is 37.3 Å². The van der Waals surface area contributed by atoms with Crippen molar-refractivity contribution in [3.8, 4) is 0 Å². The summed E-state index contributed by atoms with van der Waals surface area (Å²) < 4.78 is 6.24. The number of hydrogen-bond acceptors (Lipinski definition) is 4. The lowest BCUT2D eigenvalue weighted by atomic mass is 10.2. The molecule has 1 aromatic heterocycles. The topological polar surface area (TPSA) is 72.0 Å². The number of ether oxygens (including phenoxy) is 1. The van der Waals surface area contributed by atoms with E-state index in [0.717, 1.165) is 3.57 Å². The second-order valence-electron chi connectivity index (χ2n) is 5.00. The first kappa shape index (κ1) is 15.7. The molecule has 23 heavy (non-hydrogen) atoms. The van der Waals surface area contributed by atoms with Gasteiger partial charge < -0.3 is 9.72 Å². The summed E-state index contributed by atoms with van der Waals surface area (Å²) in [6, 6.07) is 14.2. The fourth-order valence-electron chi connectivity index (χ4n) is 2.20. The first-order valence-corrected chi connectivity index (χ1v) is 8.08. The van der Waals surface area contributed by atoms with Gasteiger partial charge in [-0.05, 0) is 53.8 Å². The van der Waals surface area contributed by atoms with Crippen molar-refractivity contribution < 1.29 is 9.53 Å². The van der Waals surface area contributed by atoms with E-state index in [0.29, 0.717) is 22.3 Å². The first-order chi connectivity index (χ1) is 11.1. The maximum absolute atomic E-state index is 12.3. The number of H-pyrrole nitrogens is 1. The lowest BCUT2D eigenvalue weighted by molar-refractivity contribution is 0.0318. The molecule has 6 heteroatoms. The van der Waals surface area contributed by atoms with Crippen LogP contribution in [0.25, 0.3) is 10.9 Å². The maximum atomic E-state index is 12.3. The van der Waals surface area contributed by atoms with Gasteiger partial charge in [-0.15, -0.1) is 0 Å². The Hall–Kier alpha value is -2.22. The van der Waals surface area contributed by atoms with E-state index in [1.807, 2.05) is 18.2 Å². The Morgan fingerprint density at radius 2 is 1.87 bits per heavy atom. The number of halogens is 1. The fraction of sp³-hybridized carbons (Fsp3) is 0.118. The van der Waals surface area contributed by atoms with Gasteiger partial charge in [-0.25, -0.2) is 9.78 Å². The summed E-state index contributed by atoms with van der Waals surface area (Å²) in [6.07, 6.45) is -0.657. The predicted octanol–water partition coefficient (Wildman–Crippen LogP) is 3.45. The van der Waals surface area contributed by atoms with E-state index in [2.05, 4.69) is 32.6 Å². The highest BCUT2D eigenvalue weighted by atomic mass is 127. The smallest absolute Gasteiger partial charge is 0.339 e. The van der Waals surface area contributed by atoms with Crippen molar-refractivity contribution in [2.45, 2.75) is 13.0 Å². The van der Waals surface area contributed by atoms with Crippen molar-refractivity contribution >= 4 is 39.5 Å². The second kappa shape index (κ2) is 6.49. The van der Waals surface area contributed by atoms with Crippen LogP contribution < -0.4 is 5.56 Å². The van der Waals surface area contributed by atoms with Gasteiger partial charge in [0.25, 0.3) is 5.56 Å². The summed E-state index contributed by atoms with van der Waals surface area (Å²) in [5.74, 6) is -0.119. The summed E-state index contributed by atoms with van der Waals surface area (Å²) >= 11 is 2.08. The van der Waals surface area contributed by atoms with Gasteiger partial charge in [-0.3, -0.25) is 4.79 Å². The molecule has 1 N–H and O–H groups in total. The quantitative estimate of drug-likeness (QED) is 0.521. The normalized spacial score (nSPS) is 12.1. The molecule has 5 nitrogen and oxygen atoms in total. The molecule has 0 saturated heterocycles. The van der Waals surface area contributed by atoms with Gasteiger partial charge in [-0.2, -0.15) is 0 Å². The number of carbonyl (C=O) groups excluding carboxylic acids is 1. The minimum atomic E-state index is -0.657. The molecule has 0 saturated carbocycles. The van der Waals surface area contributed by atoms with Crippen LogP contribution in [-0.2, 0) is 4.74 Å². The lowest BCUT2D eigenvalue weighted by Gasteiger charge is -2.13. The molecule has 3 aromatic rings. The molecule has 1 atom stereocenters. The zero-order chi connectivity index (χ0) is 16.4. The van der Waals surface area contributed by atoms with Crippen LogP contribution in [0, 0.1) is 3.57 Å². The number of nitrogens with zero attached hydrogens (tertiary/aromatic N) is 1. The van der Waals surface area contributed by atoms with Crippen molar-refractivity contribution in [3.05, 3.63) is 73.8 Å². The SMILES string of the molecule is CC(OC(=O)c1ccccc1I)c1nc2ccccc2c(=O)[nH]1. The van der Waals surface area contributed by atoms with E-state index >= 15 is 0 Å². The van der Waals surface area contributed by atoms with Gasteiger partial charge >= 0.3 is 5.97 Å². The number of aromatic nitrogens is 2. The molecule has 2 aromatic carbocycles. The second-order valence-corrected chi connectivity index (χ2v) is 6.16. The molecule has 0 fully saturated rings. The van der Waals surface area contributed by atoms with Gasteiger partial charge in [0.1, 0.15) is 0 Å². The molecule has 1 unspecified atom stereocenters. The fourth-order valence-corrected chi connectivity index (χ4v) is 2.81. The molecular formula is C17H13IN2O3. The minimum absolute atomic E-state index is 0.247. The van der Waals surface area contributed by atoms with Crippen LogP contribution >= 0.6 is 22.6 Å². The van der Waals surface area contributed by atoms with Crippen LogP contribution in [0.3, 0.4) is 0 Å². The summed E-state index contributed by atoms with van der Waals surface area (Å²) in [5.41, 5.74) is 0.814. The molecular weight excluding hydrogens is 407 g/mol. The summed E-state index contributed by atoms with van der Waals surface area (Å²) in [5, 5.41) is 0.507. The highest BCUT2D eigenvalue weighted by Crippen LogP contribution is 2.19. The molecule has 116 valence electrons. The van der Waals surface area contributed by atoms with Crippen molar-refractivity contribution in [2.24, 2.45) is 0 Å². The molecule has 0 amide bonds. The highest BCUT2D eigenvalue weighted by Gasteiger charge is 2.18. The number of esters is 1. The zero-order valence-electron chi connectivity index (χ0n) is 12.2. The Morgan fingerprint density at radius 3 is 2.65 bits per heavy atom. The third-order valence-corrected chi connectivity index (χ3v) is 4.33. The predicted molar refractivity (Wildman–Crippen MR) is 95.4 cm³/mol. The monoisotopic (exact) mass is 420 g/mol. The van der Waals surface area contributed by atoms with Crippen molar-refractivity contribution in [1.82, 2.24) is 9.97 Å². The molecule has 1 heterocycles. The number of rotatable bonds is 3. The van der Waals surface area contributed by atoms with E-state index in [4.69, 9.17) is 4.74 Å². The summed E-state index contributed by atoms with van der Waals surface area (Å²) in [7, 11) is 0. The molecule has 0 aliphatic heterocycles. The molecule has 3 rings (SSSR count). The number of carbonyl (C=O) groups is 1. The van der Waals surface area contributed by atoms with Crippen molar-refractivity contribution in [2.75, 3.05) is 0 Å². The van der Waals surface area contributed by atoms with Crippen molar-refractivity contribution in [1.29, 1.82) is 0 Å². The van der Waals surface area contributed by atoms with E-state index in [9.17, 15) is 9.59 Å². The van der Waals surface area contributed by atoms with E-state index < -0.39 is 12.1 Å². The average Bonchev–Trinajstić information content (AvgIpc) is 2.55. The number of benzene rings is 2. The van der Waals surface area contributed by atoms with Crippen molar-refractivity contribution in [3.63, 3.8) is 0 Å². The van der Waals surface area contributed by atoms with Gasteiger partial charge in [0.2, 0.25) is 0 Å². The molecule has 0 radical (unpaired) electrons. The molecule has 0 spiro atoms. The lowest BCUT2D eigenvalue weighted by Crippen LogP contribution is -2.17. The number of aromatic amines is 1. The van der Waals surface area contributed by atoms with Gasteiger partial charge in [0, 0.05) is 3.57 Å². The van der Waals surface area contributed by atoms with Gasteiger partial charge in [-0.1, -0.05) is 24.3 Å². The number of nitrogens with one attached hydrogen (secondary N) is 1. The van der Waals surface area contributed by atoms with Crippen LogP contribution in [0.1, 0.15) is 29.2 Å². The van der Waals surface area contributed by atoms with Crippen LogP contribution in [0.4, 0.5) is 0 Å². The Bertz CT molecular complexity index is 936. The van der Waals surface area contributed by atoms with Gasteiger partial charge in [0.15, 0.2) is 11.9 Å². The third-order valence-electron chi connectivity index (χ3n) is 3.39. The average molecular weight is 420 g/mol. The standard InChI is InChI=1S/C17H13IN2O3/c1-10(23-17(22)11-6-2-4-8-13(11)18)15-19-14-9-5-3-7-12(14)16(21)20-15/h2-10H,1H3,(H,19,20,21). The van der Waals surface area contributed by atoms with Crippen LogP contribution in [0.2, 0.25) is 0 Å². The molecule has 0 aliphatic carbocycles. The summed E-state index contributed by atoms with van der Waals surface area (Å²) in [6.45, 7) is 1.68. The largest absolute Gasteiger partial charge is 0.451 e. The highest BCUT2D eigenvalue weighted by molar-refractivity contribution is 14.1. The van der Waals surface area contributed by atoms with E-state index in [-0.39, 0.29) is 5.56 Å². The van der Waals surface area contributed by atoms with Crippen LogP contribution in [-0.4, -0.2) is 15.9 Å². The Kier molecular flexibility index (Phi) is 4.42. The Morgan fingerprint density at radius 1 is 1.17 bits per heavy atom. The molecule has 0 bridgehead atoms. The van der Waals surface area contributed by atoms with Gasteiger partial charge in [0.05, 0.1) is 16.5 Å². The third kappa shape index (κ3) is 3.26. The number of para-hydroxylation sites is 1. The Balaban J connectivity index is 1.89. The molecule has 0 aliphatic rings. The van der Waals surface area contributed by atoms with Crippen LogP contribution in [0.15, 0.2) is 53.3 Å². The number of hydrogen-bond donors (Lipinski definition) is 1.